The standard InChI is InChI=1S/C29H19N4O4S2/c34-32(35)22-12-3-1-10-20(22)30-24-14-5-7-16-26(24)38-28(30)18-9-19-29-31(25-15-6-8-17-27(25)39-29)21-11-2-4-13-23(21)33(36)37/h1-19H/q+1. The third-order valence-electron chi connectivity index (χ3n) is 6.20. The molecule has 5 aromatic rings. The molecule has 8 nitrogen and oxygen atoms in total. The third-order valence-corrected chi connectivity index (χ3v) is 8.38. The van der Waals surface area contributed by atoms with E-state index in [9.17, 15) is 20.2 Å². The fraction of sp³-hybridized carbons (Fsp3) is 0. The number of para-hydroxylation sites is 6. The summed E-state index contributed by atoms with van der Waals surface area (Å²) in [5.41, 5.74) is 2.74. The molecule has 10 heteroatoms. The number of nitro groups is 2. The number of thiazole rings is 1. The Kier molecular flexibility index (Phi) is 6.39. The largest absolute Gasteiger partial charge is 0.340 e. The van der Waals surface area contributed by atoms with Gasteiger partial charge in [0, 0.05) is 35.2 Å². The second kappa shape index (κ2) is 10.2. The van der Waals surface area contributed by atoms with Crippen LogP contribution in [0.4, 0.5) is 22.7 Å². The summed E-state index contributed by atoms with van der Waals surface area (Å²) in [5.74, 6) is 0. The van der Waals surface area contributed by atoms with Crippen molar-refractivity contribution < 1.29 is 14.4 Å². The van der Waals surface area contributed by atoms with Crippen LogP contribution in [0.2, 0.25) is 0 Å². The highest BCUT2D eigenvalue weighted by Gasteiger charge is 2.31. The Labute approximate surface area is 231 Å². The van der Waals surface area contributed by atoms with Crippen LogP contribution < -0.4 is 9.47 Å². The first-order valence-corrected chi connectivity index (χ1v) is 13.5. The van der Waals surface area contributed by atoms with Gasteiger partial charge < -0.3 is 0 Å². The zero-order valence-electron chi connectivity index (χ0n) is 20.2. The van der Waals surface area contributed by atoms with E-state index in [1.54, 1.807) is 36.4 Å². The molecule has 1 aliphatic rings. The first-order valence-electron chi connectivity index (χ1n) is 11.9. The monoisotopic (exact) mass is 551 g/mol. The summed E-state index contributed by atoms with van der Waals surface area (Å²) in [6, 6.07) is 28.9. The van der Waals surface area contributed by atoms with E-state index in [0.29, 0.717) is 11.4 Å². The van der Waals surface area contributed by atoms with Crippen LogP contribution in [0, 0.1) is 20.2 Å². The number of hydrogen-bond donors (Lipinski definition) is 0. The Hall–Kier alpha value is -4.80. The van der Waals surface area contributed by atoms with Gasteiger partial charge in [-0.3, -0.25) is 25.1 Å². The van der Waals surface area contributed by atoms with Gasteiger partial charge in [0.1, 0.15) is 10.4 Å². The van der Waals surface area contributed by atoms with Gasteiger partial charge in [-0.2, -0.15) is 0 Å². The van der Waals surface area contributed by atoms with Crippen LogP contribution in [0.25, 0.3) is 22.0 Å². The van der Waals surface area contributed by atoms with Crippen molar-refractivity contribution in [3.63, 3.8) is 0 Å². The predicted octanol–water partition coefficient (Wildman–Crippen LogP) is 7.79. The van der Waals surface area contributed by atoms with Crippen molar-refractivity contribution >= 4 is 62.1 Å². The van der Waals surface area contributed by atoms with E-state index in [1.165, 1.54) is 35.2 Å². The highest BCUT2D eigenvalue weighted by atomic mass is 32.2. The number of thioether (sulfide) groups is 1. The molecule has 0 N–H and O–H groups in total. The molecule has 0 radical (unpaired) electrons. The van der Waals surface area contributed by atoms with Crippen LogP contribution in [-0.2, 0) is 0 Å². The summed E-state index contributed by atoms with van der Waals surface area (Å²) >= 11 is 3.05. The maximum atomic E-state index is 11.8. The molecule has 6 rings (SSSR count). The van der Waals surface area contributed by atoms with Gasteiger partial charge in [-0.25, -0.2) is 0 Å². The molecular weight excluding hydrogens is 532 g/mol. The van der Waals surface area contributed by atoms with Crippen LogP contribution in [0.5, 0.6) is 0 Å². The molecule has 39 heavy (non-hydrogen) atoms. The Morgan fingerprint density at radius 1 is 0.744 bits per heavy atom. The number of benzene rings is 4. The molecule has 0 spiro atoms. The minimum atomic E-state index is -0.374. The van der Waals surface area contributed by atoms with Crippen molar-refractivity contribution in [2.75, 3.05) is 4.90 Å². The summed E-state index contributed by atoms with van der Waals surface area (Å²) in [7, 11) is 0. The Bertz CT molecular complexity index is 1830. The van der Waals surface area contributed by atoms with Gasteiger partial charge in [-0.05, 0) is 30.3 Å². The topological polar surface area (TPSA) is 93.4 Å². The van der Waals surface area contributed by atoms with E-state index in [0.717, 1.165) is 30.8 Å². The first kappa shape index (κ1) is 24.5. The Morgan fingerprint density at radius 2 is 1.38 bits per heavy atom. The summed E-state index contributed by atoms with van der Waals surface area (Å²) in [6.07, 6.45) is 5.71. The summed E-state index contributed by atoms with van der Waals surface area (Å²) < 4.78 is 2.89. The van der Waals surface area contributed by atoms with Gasteiger partial charge in [-0.15, -0.1) is 4.57 Å². The second-order valence-electron chi connectivity index (χ2n) is 8.50. The van der Waals surface area contributed by atoms with E-state index in [1.807, 2.05) is 76.2 Å². The molecule has 2 heterocycles. The van der Waals surface area contributed by atoms with Crippen molar-refractivity contribution in [2.24, 2.45) is 0 Å². The first-order chi connectivity index (χ1) is 19.0. The van der Waals surface area contributed by atoms with E-state index in [4.69, 9.17) is 0 Å². The fourth-order valence-electron chi connectivity index (χ4n) is 4.55. The summed E-state index contributed by atoms with van der Waals surface area (Å²) in [6.45, 7) is 0. The zero-order valence-corrected chi connectivity index (χ0v) is 21.8. The van der Waals surface area contributed by atoms with Crippen molar-refractivity contribution in [3.05, 3.63) is 139 Å². The zero-order chi connectivity index (χ0) is 26.9. The number of allylic oxidation sites excluding steroid dienone is 2. The fourth-order valence-corrected chi connectivity index (χ4v) is 6.69. The Morgan fingerprint density at radius 3 is 2.18 bits per heavy atom. The molecule has 4 aromatic carbocycles. The van der Waals surface area contributed by atoms with Crippen molar-refractivity contribution in [1.82, 2.24) is 0 Å². The minimum Gasteiger partial charge on any atom is -0.297 e. The molecule has 190 valence electrons. The van der Waals surface area contributed by atoms with Crippen LogP contribution in [0.3, 0.4) is 0 Å². The van der Waals surface area contributed by atoms with Crippen LogP contribution >= 0.6 is 23.1 Å². The average Bonchev–Trinajstić information content (AvgIpc) is 3.50. The van der Waals surface area contributed by atoms with Gasteiger partial charge in [0.05, 0.1) is 20.6 Å². The molecule has 0 atom stereocenters. The molecule has 0 aliphatic carbocycles. The lowest BCUT2D eigenvalue weighted by atomic mass is 10.2. The molecule has 0 saturated heterocycles. The van der Waals surface area contributed by atoms with Gasteiger partial charge in [0.2, 0.25) is 5.52 Å². The lowest BCUT2D eigenvalue weighted by Crippen LogP contribution is -2.32. The maximum Gasteiger partial charge on any atom is 0.340 e. The number of fused-ring (bicyclic) bond motifs is 2. The number of aromatic nitrogens is 1. The number of hydrogen-bond acceptors (Lipinski definition) is 7. The SMILES string of the molecule is O=[N+]([O-])c1ccccc1N1C(=CC=Cc2sc3ccccc3[n+]2-c2ccccc2[N+](=O)[O-])Sc2ccccc21. The number of nitro benzene ring substituents is 2. The minimum absolute atomic E-state index is 0.0171. The lowest BCUT2D eigenvalue weighted by molar-refractivity contribution is -0.570. The number of anilines is 2. The average molecular weight is 552 g/mol. The van der Waals surface area contributed by atoms with Gasteiger partial charge >= 0.3 is 5.69 Å². The third kappa shape index (κ3) is 4.45. The molecule has 1 aromatic heterocycles. The molecule has 1 aliphatic heterocycles. The molecule has 0 saturated carbocycles. The smallest absolute Gasteiger partial charge is 0.297 e. The highest BCUT2D eigenvalue weighted by molar-refractivity contribution is 8.03. The molecule has 0 amide bonds. The Balaban J connectivity index is 1.46. The van der Waals surface area contributed by atoms with Crippen molar-refractivity contribution in [2.45, 2.75) is 4.90 Å². The quantitative estimate of drug-likeness (QED) is 0.121. The molecular formula is C29H19N4O4S2+. The van der Waals surface area contributed by atoms with Crippen molar-refractivity contribution in [3.8, 4) is 5.69 Å². The van der Waals surface area contributed by atoms with E-state index >= 15 is 0 Å². The summed E-state index contributed by atoms with van der Waals surface area (Å²) in [4.78, 5) is 25.8. The maximum absolute atomic E-state index is 11.8. The number of rotatable bonds is 6. The highest BCUT2D eigenvalue weighted by Crippen LogP contribution is 2.51. The summed E-state index contributed by atoms with van der Waals surface area (Å²) in [5, 5.41) is 25.2. The van der Waals surface area contributed by atoms with Crippen LogP contribution in [0.1, 0.15) is 5.01 Å². The number of nitrogens with zero attached hydrogens (tertiary/aromatic N) is 4. The van der Waals surface area contributed by atoms with Crippen LogP contribution in [-0.4, -0.2) is 9.85 Å². The normalized spacial score (nSPS) is 13.8. The lowest BCUT2D eigenvalue weighted by Gasteiger charge is -2.20. The van der Waals surface area contributed by atoms with Crippen LogP contribution in [0.15, 0.2) is 119 Å². The van der Waals surface area contributed by atoms with Crippen molar-refractivity contribution in [1.29, 1.82) is 0 Å². The van der Waals surface area contributed by atoms with Gasteiger partial charge in [0.15, 0.2) is 0 Å². The van der Waals surface area contributed by atoms with Gasteiger partial charge in [0.25, 0.3) is 16.4 Å². The van der Waals surface area contributed by atoms with E-state index in [2.05, 4.69) is 0 Å². The van der Waals surface area contributed by atoms with Gasteiger partial charge in [-0.1, -0.05) is 77.7 Å². The molecule has 0 fully saturated rings. The predicted molar refractivity (Wildman–Crippen MR) is 155 cm³/mol. The molecule has 0 bridgehead atoms. The van der Waals surface area contributed by atoms with E-state index < -0.39 is 0 Å². The van der Waals surface area contributed by atoms with E-state index in [-0.39, 0.29) is 21.2 Å². The molecule has 0 unspecified atom stereocenters. The second-order valence-corrected chi connectivity index (χ2v) is 10.6.